The smallest absolute Gasteiger partial charge is 0.276 e. The number of hydrogen-bond donors (Lipinski definition) is 0. The molecule has 0 saturated carbocycles. The molecule has 0 aliphatic heterocycles. The van der Waals surface area contributed by atoms with E-state index in [4.69, 9.17) is 0 Å². The summed E-state index contributed by atoms with van der Waals surface area (Å²) >= 11 is 0. The minimum Gasteiger partial charge on any atom is -0.276 e. The van der Waals surface area contributed by atoms with Gasteiger partial charge in [-0.3, -0.25) is 15.0 Å². The van der Waals surface area contributed by atoms with Crippen LogP contribution in [-0.4, -0.2) is 15.0 Å². The van der Waals surface area contributed by atoms with Gasteiger partial charge >= 0.3 is 18.9 Å². The van der Waals surface area contributed by atoms with Crippen molar-refractivity contribution in [3.05, 3.63) is 96.2 Å². The van der Waals surface area contributed by atoms with Crippen molar-refractivity contribution < 1.29 is 18.9 Å². The molecule has 0 aliphatic rings. The molecule has 0 spiro atoms. The van der Waals surface area contributed by atoms with Crippen molar-refractivity contribution in [2.45, 2.75) is 0 Å². The molecule has 0 N–H and O–H groups in total. The summed E-state index contributed by atoms with van der Waals surface area (Å²) in [5.41, 5.74) is 2.62. The predicted molar refractivity (Wildman–Crippen MR) is 73.3 cm³/mol. The van der Waals surface area contributed by atoms with Gasteiger partial charge in [-0.1, -0.05) is 36.4 Å². The summed E-state index contributed by atoms with van der Waals surface area (Å²) in [5, 5.41) is 0. The molecule has 92 valence electrons. The first-order valence-electron chi connectivity index (χ1n) is 6.06. The molecule has 3 rings (SSSR count). The first-order chi connectivity index (χ1) is 9.45. The minimum atomic E-state index is 0. The second kappa shape index (κ2) is 6.90. The fourth-order valence-corrected chi connectivity index (χ4v) is 1.93. The van der Waals surface area contributed by atoms with Crippen LogP contribution in [0.2, 0.25) is 0 Å². The van der Waals surface area contributed by atoms with Gasteiger partial charge in [0.1, 0.15) is 0 Å². The van der Waals surface area contributed by atoms with Crippen LogP contribution in [0.15, 0.2) is 73.2 Å². The molecule has 20 heavy (non-hydrogen) atoms. The number of nitrogens with zero attached hydrogens (tertiary/aromatic N) is 3. The Morgan fingerprint density at radius 2 is 0.900 bits per heavy atom. The molecule has 0 aromatic carbocycles. The molecule has 0 unspecified atom stereocenters. The van der Waals surface area contributed by atoms with Crippen molar-refractivity contribution in [3.63, 3.8) is 0 Å². The zero-order valence-electron chi connectivity index (χ0n) is 11.3. The molecule has 0 fully saturated rings. The maximum absolute atomic E-state index is 4.41. The van der Waals surface area contributed by atoms with E-state index >= 15 is 0 Å². The summed E-state index contributed by atoms with van der Waals surface area (Å²) < 4.78 is 0. The molecule has 3 heterocycles. The molecule has 0 amide bonds. The third-order valence-electron chi connectivity index (χ3n) is 2.76. The summed E-state index contributed by atoms with van der Waals surface area (Å²) in [6, 6.07) is 17.5. The van der Waals surface area contributed by atoms with Crippen molar-refractivity contribution in [1.29, 1.82) is 0 Å². The maximum Gasteiger partial charge on any atom is 1.00 e. The van der Waals surface area contributed by atoms with Crippen molar-refractivity contribution in [1.82, 2.24) is 15.0 Å². The van der Waals surface area contributed by atoms with Crippen molar-refractivity contribution in [2.24, 2.45) is 0 Å². The van der Waals surface area contributed by atoms with E-state index in [2.05, 4.69) is 15.0 Å². The quantitative estimate of drug-likeness (QED) is 0.483. The number of rotatable bonds is 3. The second-order valence-corrected chi connectivity index (χ2v) is 4.02. The van der Waals surface area contributed by atoms with E-state index in [9.17, 15) is 0 Å². The summed E-state index contributed by atoms with van der Waals surface area (Å²) in [7, 11) is 0. The van der Waals surface area contributed by atoms with Gasteiger partial charge in [-0.15, -0.1) is 18.2 Å². The second-order valence-electron chi connectivity index (χ2n) is 4.02. The van der Waals surface area contributed by atoms with Crippen LogP contribution in [0.3, 0.4) is 0 Å². The van der Waals surface area contributed by atoms with Crippen LogP contribution in [0.1, 0.15) is 17.1 Å². The molecular weight excluding hydrogens is 241 g/mol. The molecule has 4 heteroatoms. The van der Waals surface area contributed by atoms with E-state index in [-0.39, 0.29) is 18.9 Å². The summed E-state index contributed by atoms with van der Waals surface area (Å²) in [6.45, 7) is 0. The molecule has 3 aromatic heterocycles. The average molecular weight is 253 g/mol. The first-order valence-corrected chi connectivity index (χ1v) is 6.06. The van der Waals surface area contributed by atoms with Gasteiger partial charge in [0, 0.05) is 18.6 Å². The van der Waals surface area contributed by atoms with E-state index < -0.39 is 0 Å². The Labute approximate surface area is 130 Å². The van der Waals surface area contributed by atoms with Crippen molar-refractivity contribution in [2.75, 3.05) is 0 Å². The molecule has 0 radical (unpaired) electrons. The molecule has 0 bridgehead atoms. The molecule has 0 saturated heterocycles. The van der Waals surface area contributed by atoms with Gasteiger partial charge in [0.25, 0.3) is 0 Å². The Bertz CT molecular complexity index is 536. The standard InChI is InChI=1S/C16H12N3.Li/c1-4-10-17-13(7-1)16(14-8-2-5-11-18-14)15-9-3-6-12-19-15;/h1-12H;/q-1;+1. The van der Waals surface area contributed by atoms with E-state index in [0.717, 1.165) is 23.0 Å². The van der Waals surface area contributed by atoms with Crippen LogP contribution >= 0.6 is 0 Å². The number of pyridine rings is 3. The molecule has 0 aliphatic carbocycles. The predicted octanol–water partition coefficient (Wildman–Crippen LogP) is -0.105. The SMILES string of the molecule is [Li+].c1ccc([C-](c2ccccn2)c2ccccn2)nc1. The Morgan fingerprint density at radius 3 is 1.15 bits per heavy atom. The average Bonchev–Trinajstić information content (AvgIpc) is 2.51. The van der Waals surface area contributed by atoms with E-state index in [0.29, 0.717) is 0 Å². The number of hydrogen-bond acceptors (Lipinski definition) is 3. The van der Waals surface area contributed by atoms with Crippen LogP contribution in [0.5, 0.6) is 0 Å². The van der Waals surface area contributed by atoms with Crippen LogP contribution in [0.25, 0.3) is 0 Å². The molecule has 3 aromatic rings. The van der Waals surface area contributed by atoms with Gasteiger partial charge < -0.3 is 0 Å². The number of aromatic nitrogens is 3. The zero-order valence-corrected chi connectivity index (χ0v) is 11.3. The van der Waals surface area contributed by atoms with Crippen LogP contribution in [0, 0.1) is 5.92 Å². The normalized spacial score (nSPS) is 9.60. The fourth-order valence-electron chi connectivity index (χ4n) is 1.93. The third-order valence-corrected chi connectivity index (χ3v) is 2.76. The van der Waals surface area contributed by atoms with Gasteiger partial charge in [0.05, 0.1) is 0 Å². The van der Waals surface area contributed by atoms with Gasteiger partial charge in [-0.05, 0) is 23.0 Å². The van der Waals surface area contributed by atoms with E-state index in [1.807, 2.05) is 54.6 Å². The van der Waals surface area contributed by atoms with E-state index in [1.54, 1.807) is 18.6 Å². The zero-order chi connectivity index (χ0) is 12.9. The van der Waals surface area contributed by atoms with Crippen LogP contribution in [0.4, 0.5) is 0 Å². The largest absolute Gasteiger partial charge is 1.00 e. The summed E-state index contributed by atoms with van der Waals surface area (Å²) in [4.78, 5) is 13.2. The Balaban J connectivity index is 0.00000147. The summed E-state index contributed by atoms with van der Waals surface area (Å²) in [6.07, 6.45) is 5.34. The van der Waals surface area contributed by atoms with Crippen LogP contribution < -0.4 is 18.9 Å². The van der Waals surface area contributed by atoms with Crippen LogP contribution in [-0.2, 0) is 0 Å². The Kier molecular flexibility index (Phi) is 4.95. The van der Waals surface area contributed by atoms with Gasteiger partial charge in [-0.2, -0.15) is 0 Å². The van der Waals surface area contributed by atoms with Crippen molar-refractivity contribution >= 4 is 0 Å². The topological polar surface area (TPSA) is 38.7 Å². The van der Waals surface area contributed by atoms with Crippen molar-refractivity contribution in [3.8, 4) is 0 Å². The first kappa shape index (κ1) is 14.3. The Morgan fingerprint density at radius 1 is 0.550 bits per heavy atom. The fraction of sp³-hybridized carbons (Fsp3) is 0. The Hall–Kier alpha value is -2.08. The van der Waals surface area contributed by atoms with Gasteiger partial charge in [0.2, 0.25) is 0 Å². The molecule has 0 atom stereocenters. The summed E-state index contributed by atoms with van der Waals surface area (Å²) in [5.74, 6) is 0.946. The monoisotopic (exact) mass is 253 g/mol. The molecular formula is C16H12LiN3. The molecule has 3 nitrogen and oxygen atoms in total. The third kappa shape index (κ3) is 3.08. The van der Waals surface area contributed by atoms with E-state index in [1.165, 1.54) is 0 Å². The van der Waals surface area contributed by atoms with Gasteiger partial charge in [-0.25, -0.2) is 0 Å². The minimum absolute atomic E-state index is 0. The van der Waals surface area contributed by atoms with Gasteiger partial charge in [0.15, 0.2) is 0 Å². The maximum atomic E-state index is 4.41.